The largest absolute Gasteiger partial charge is 0.465 e. The number of fused-ring (bicyclic) bond motifs is 1. The van der Waals surface area contributed by atoms with Crippen molar-refractivity contribution < 1.29 is 27.5 Å². The summed E-state index contributed by atoms with van der Waals surface area (Å²) in [5, 5.41) is 8.42. The molecule has 0 fully saturated rings. The van der Waals surface area contributed by atoms with E-state index >= 15 is 0 Å². The Morgan fingerprint density at radius 3 is 2.63 bits per heavy atom. The maximum absolute atomic E-state index is 13.8. The highest BCUT2D eigenvalue weighted by Gasteiger charge is 2.41. The Kier molecular flexibility index (Phi) is 6.36. The van der Waals surface area contributed by atoms with Crippen molar-refractivity contribution in [3.8, 4) is 6.07 Å². The molecule has 27 heavy (non-hydrogen) atoms. The van der Waals surface area contributed by atoms with E-state index in [9.17, 15) is 28.0 Å². The highest BCUT2D eigenvalue weighted by atomic mass is 32.2. The van der Waals surface area contributed by atoms with Crippen LogP contribution in [0, 0.1) is 11.3 Å². The van der Waals surface area contributed by atoms with Crippen LogP contribution in [0.25, 0.3) is 0 Å². The monoisotopic (exact) mass is 401 g/mol. The minimum Gasteiger partial charge on any atom is -0.465 e. The molecule has 2 heterocycles. The summed E-state index contributed by atoms with van der Waals surface area (Å²) in [4.78, 5) is 28.9. The average Bonchev–Trinajstić information content (AvgIpc) is 2.59. The molecule has 1 aromatic rings. The molecule has 1 aromatic heterocycles. The fourth-order valence-electron chi connectivity index (χ4n) is 2.78. The Hall–Kier alpha value is -2.28. The van der Waals surface area contributed by atoms with E-state index in [0.717, 1.165) is 11.8 Å². The first-order valence-corrected chi connectivity index (χ1v) is 9.09. The number of carbonyl (C=O) groups is 2. The number of hydrogen-bond acceptors (Lipinski definition) is 6. The van der Waals surface area contributed by atoms with Gasteiger partial charge in [-0.05, 0) is 13.8 Å². The van der Waals surface area contributed by atoms with Crippen molar-refractivity contribution in [2.24, 2.45) is 0 Å². The molecular formula is C17H18F3N3O3S. The maximum Gasteiger partial charge on any atom is 0.418 e. The molecule has 1 amide bonds. The summed E-state index contributed by atoms with van der Waals surface area (Å²) < 4.78 is 46.2. The summed E-state index contributed by atoms with van der Waals surface area (Å²) in [5.74, 6) is -0.941. The number of esters is 1. The highest BCUT2D eigenvalue weighted by molar-refractivity contribution is 8.00. The predicted octanol–water partition coefficient (Wildman–Crippen LogP) is 2.92. The second-order valence-corrected chi connectivity index (χ2v) is 7.23. The third-order valence-corrected chi connectivity index (χ3v) is 5.13. The first kappa shape index (κ1) is 21.0. The van der Waals surface area contributed by atoms with Crippen LogP contribution in [-0.2, 0) is 33.5 Å². The number of halogens is 3. The minimum absolute atomic E-state index is 0.140. The van der Waals surface area contributed by atoms with Crippen molar-refractivity contribution in [1.29, 1.82) is 5.26 Å². The molecule has 2 rings (SSSR count). The molecule has 0 saturated heterocycles. The topological polar surface area (TPSA) is 83.3 Å². The van der Waals surface area contributed by atoms with E-state index in [1.54, 1.807) is 13.0 Å². The van der Waals surface area contributed by atoms with Crippen molar-refractivity contribution in [3.05, 3.63) is 22.4 Å². The first-order chi connectivity index (χ1) is 12.6. The van der Waals surface area contributed by atoms with E-state index < -0.39 is 28.5 Å². The molecule has 1 aliphatic heterocycles. The van der Waals surface area contributed by atoms with E-state index in [1.807, 2.05) is 0 Å². The van der Waals surface area contributed by atoms with E-state index in [4.69, 9.17) is 4.74 Å². The zero-order chi connectivity index (χ0) is 20.4. The quantitative estimate of drug-likeness (QED) is 0.570. The van der Waals surface area contributed by atoms with Gasteiger partial charge in [0.1, 0.15) is 16.3 Å². The third kappa shape index (κ3) is 4.53. The Balaban J connectivity index is 2.57. The number of pyridine rings is 1. The number of aromatic nitrogens is 1. The standard InChI is InChI=1S/C17H18F3N3O3S/c1-4-26-16(25)9(2)27-15-11(7-21)14(17(18,19)20)12-8-23(10(3)24)6-5-13(12)22-15/h9H,4-6,8H2,1-3H3. The second-order valence-electron chi connectivity index (χ2n) is 5.90. The Bertz CT molecular complexity index is 805. The van der Waals surface area contributed by atoms with Gasteiger partial charge < -0.3 is 9.64 Å². The number of hydrogen-bond donors (Lipinski definition) is 0. The molecule has 1 unspecified atom stereocenters. The van der Waals surface area contributed by atoms with E-state index in [2.05, 4.69) is 4.98 Å². The molecule has 0 saturated carbocycles. The summed E-state index contributed by atoms with van der Waals surface area (Å²) in [7, 11) is 0. The average molecular weight is 401 g/mol. The number of ether oxygens (including phenoxy) is 1. The van der Waals surface area contributed by atoms with Crippen LogP contribution < -0.4 is 0 Å². The van der Waals surface area contributed by atoms with Crippen LogP contribution in [-0.4, -0.2) is 40.2 Å². The van der Waals surface area contributed by atoms with Gasteiger partial charge in [0.2, 0.25) is 5.91 Å². The Morgan fingerprint density at radius 2 is 2.11 bits per heavy atom. The molecule has 10 heteroatoms. The van der Waals surface area contributed by atoms with E-state index in [0.29, 0.717) is 0 Å². The van der Waals surface area contributed by atoms with Crippen LogP contribution >= 0.6 is 11.8 Å². The van der Waals surface area contributed by atoms with E-state index in [-0.39, 0.29) is 48.3 Å². The number of nitrogens with zero attached hydrogens (tertiary/aromatic N) is 3. The van der Waals surface area contributed by atoms with Crippen LogP contribution in [0.2, 0.25) is 0 Å². The third-order valence-electron chi connectivity index (χ3n) is 4.07. The Morgan fingerprint density at radius 1 is 1.44 bits per heavy atom. The molecule has 0 N–H and O–H groups in total. The van der Waals surface area contributed by atoms with Crippen molar-refractivity contribution >= 4 is 23.6 Å². The molecule has 0 spiro atoms. The lowest BCUT2D eigenvalue weighted by atomic mass is 9.96. The van der Waals surface area contributed by atoms with Crippen molar-refractivity contribution in [2.75, 3.05) is 13.2 Å². The summed E-state index contributed by atoms with van der Waals surface area (Å²) >= 11 is 0.764. The maximum atomic E-state index is 13.8. The SMILES string of the molecule is CCOC(=O)C(C)Sc1nc2c(c(C(F)(F)F)c1C#N)CN(C(C)=O)CC2. The molecule has 0 bridgehead atoms. The van der Waals surface area contributed by atoms with Gasteiger partial charge in [0.15, 0.2) is 0 Å². The highest BCUT2D eigenvalue weighted by Crippen LogP contribution is 2.41. The van der Waals surface area contributed by atoms with Gasteiger partial charge in [-0.3, -0.25) is 9.59 Å². The predicted molar refractivity (Wildman–Crippen MR) is 90.7 cm³/mol. The van der Waals surface area contributed by atoms with Crippen LogP contribution in [0.5, 0.6) is 0 Å². The van der Waals surface area contributed by atoms with Crippen LogP contribution in [0.15, 0.2) is 5.03 Å². The van der Waals surface area contributed by atoms with Gasteiger partial charge >= 0.3 is 12.1 Å². The van der Waals surface area contributed by atoms with Gasteiger partial charge in [-0.25, -0.2) is 4.98 Å². The lowest BCUT2D eigenvalue weighted by molar-refractivity contribution is -0.142. The molecule has 0 radical (unpaired) electrons. The lowest BCUT2D eigenvalue weighted by Crippen LogP contribution is -2.36. The number of rotatable bonds is 4. The summed E-state index contributed by atoms with van der Waals surface area (Å²) in [6.45, 7) is 4.52. The number of amides is 1. The van der Waals surface area contributed by atoms with Gasteiger partial charge in [0, 0.05) is 37.7 Å². The Labute approximate surface area is 158 Å². The fourth-order valence-corrected chi connectivity index (χ4v) is 3.71. The molecular weight excluding hydrogens is 383 g/mol. The first-order valence-electron chi connectivity index (χ1n) is 8.21. The van der Waals surface area contributed by atoms with Crippen LogP contribution in [0.3, 0.4) is 0 Å². The van der Waals surface area contributed by atoms with Gasteiger partial charge in [-0.1, -0.05) is 11.8 Å². The zero-order valence-corrected chi connectivity index (χ0v) is 15.8. The summed E-state index contributed by atoms with van der Waals surface area (Å²) in [6, 6.07) is 1.58. The number of nitriles is 1. The van der Waals surface area contributed by atoms with Gasteiger partial charge in [0.05, 0.1) is 17.7 Å². The van der Waals surface area contributed by atoms with E-state index in [1.165, 1.54) is 18.7 Å². The molecule has 1 aliphatic rings. The van der Waals surface area contributed by atoms with Crippen molar-refractivity contribution in [1.82, 2.24) is 9.88 Å². The molecule has 1 atom stereocenters. The molecule has 6 nitrogen and oxygen atoms in total. The van der Waals surface area contributed by atoms with Gasteiger partial charge in [-0.2, -0.15) is 18.4 Å². The fraction of sp³-hybridized carbons (Fsp3) is 0.529. The molecule has 0 aliphatic carbocycles. The van der Waals surface area contributed by atoms with Crippen LogP contribution in [0.4, 0.5) is 13.2 Å². The minimum atomic E-state index is -4.79. The van der Waals surface area contributed by atoms with Crippen molar-refractivity contribution in [2.45, 2.75) is 50.2 Å². The zero-order valence-electron chi connectivity index (χ0n) is 15.0. The lowest BCUT2D eigenvalue weighted by Gasteiger charge is -2.30. The van der Waals surface area contributed by atoms with Crippen LogP contribution in [0.1, 0.15) is 43.2 Å². The summed E-state index contributed by atoms with van der Waals surface area (Å²) in [6.07, 6.45) is -4.65. The van der Waals surface area contributed by atoms with Crippen molar-refractivity contribution in [3.63, 3.8) is 0 Å². The summed E-state index contributed by atoms with van der Waals surface area (Å²) in [5.41, 5.74) is -1.68. The molecule has 0 aromatic carbocycles. The number of carbonyl (C=O) groups excluding carboxylic acids is 2. The number of alkyl halides is 3. The van der Waals surface area contributed by atoms with Gasteiger partial charge in [-0.15, -0.1) is 0 Å². The number of thioether (sulfide) groups is 1. The normalized spacial score (nSPS) is 14.9. The smallest absolute Gasteiger partial charge is 0.418 e. The molecule has 146 valence electrons. The van der Waals surface area contributed by atoms with Gasteiger partial charge in [0.25, 0.3) is 0 Å². The second kappa shape index (κ2) is 8.17.